The number of rotatable bonds is 4. The third-order valence-corrected chi connectivity index (χ3v) is 3.08. The largest absolute Gasteiger partial charge is 0.507 e. The predicted octanol–water partition coefficient (Wildman–Crippen LogP) is 2.25. The highest BCUT2D eigenvalue weighted by Crippen LogP contribution is 2.24. The predicted molar refractivity (Wildman–Crippen MR) is 66.5 cm³/mol. The molecule has 82 valence electrons. The number of carbonyl (C=O) groups is 1. The second-order valence-electron chi connectivity index (χ2n) is 2.91. The lowest BCUT2D eigenvalue weighted by molar-refractivity contribution is 0.0956. The van der Waals surface area contributed by atoms with Gasteiger partial charge in [0.05, 0.1) is 4.47 Å². The van der Waals surface area contributed by atoms with E-state index in [4.69, 9.17) is 0 Å². The summed E-state index contributed by atoms with van der Waals surface area (Å²) in [4.78, 5) is 11.5. The third-order valence-electron chi connectivity index (χ3n) is 1.80. The standard InChI is InChI=1S/C10H12BrNO2S/c1-15-5-4-12-10(14)7-2-3-8(11)9(13)6-7/h2-3,6,13H,4-5H2,1H3,(H,12,14). The molecule has 2 N–H and O–H groups in total. The van der Waals surface area contributed by atoms with Crippen molar-refractivity contribution in [2.24, 2.45) is 0 Å². The smallest absolute Gasteiger partial charge is 0.251 e. The van der Waals surface area contributed by atoms with E-state index >= 15 is 0 Å². The van der Waals surface area contributed by atoms with Crippen LogP contribution in [0.15, 0.2) is 22.7 Å². The average molecular weight is 290 g/mol. The quantitative estimate of drug-likeness (QED) is 0.836. The maximum atomic E-state index is 11.5. The van der Waals surface area contributed by atoms with E-state index in [1.54, 1.807) is 23.9 Å². The van der Waals surface area contributed by atoms with Crippen LogP contribution in [-0.4, -0.2) is 29.6 Å². The van der Waals surface area contributed by atoms with E-state index in [9.17, 15) is 9.90 Å². The summed E-state index contributed by atoms with van der Waals surface area (Å²) >= 11 is 4.83. The summed E-state index contributed by atoms with van der Waals surface area (Å²) in [7, 11) is 0. The topological polar surface area (TPSA) is 49.3 Å². The average Bonchev–Trinajstić information content (AvgIpc) is 2.22. The van der Waals surface area contributed by atoms with Crippen LogP contribution in [0.4, 0.5) is 0 Å². The normalized spacial score (nSPS) is 10.0. The maximum absolute atomic E-state index is 11.5. The van der Waals surface area contributed by atoms with Crippen LogP contribution in [-0.2, 0) is 0 Å². The van der Waals surface area contributed by atoms with Gasteiger partial charge in [-0.05, 0) is 40.4 Å². The molecule has 0 fully saturated rings. The van der Waals surface area contributed by atoms with Crippen molar-refractivity contribution >= 4 is 33.6 Å². The molecule has 0 bridgehead atoms. The number of nitrogens with one attached hydrogen (secondary N) is 1. The molecule has 0 heterocycles. The number of thioether (sulfide) groups is 1. The van der Waals surface area contributed by atoms with Crippen LogP contribution in [0.5, 0.6) is 5.75 Å². The summed E-state index contributed by atoms with van der Waals surface area (Å²) in [6.45, 7) is 0.636. The van der Waals surface area contributed by atoms with Gasteiger partial charge in [-0.25, -0.2) is 0 Å². The summed E-state index contributed by atoms with van der Waals surface area (Å²) in [5.74, 6) is 0.799. The molecule has 0 aliphatic heterocycles. The van der Waals surface area contributed by atoms with Crippen LogP contribution < -0.4 is 5.32 Å². The Morgan fingerprint density at radius 3 is 2.93 bits per heavy atom. The number of amides is 1. The van der Waals surface area contributed by atoms with Crippen LogP contribution >= 0.6 is 27.7 Å². The van der Waals surface area contributed by atoms with E-state index in [2.05, 4.69) is 21.2 Å². The Labute approximate surface area is 101 Å². The lowest BCUT2D eigenvalue weighted by Crippen LogP contribution is -2.25. The molecule has 0 saturated heterocycles. The monoisotopic (exact) mass is 289 g/mol. The van der Waals surface area contributed by atoms with Crippen molar-refractivity contribution in [3.05, 3.63) is 28.2 Å². The first-order chi connectivity index (χ1) is 7.15. The lowest BCUT2D eigenvalue weighted by atomic mass is 10.2. The van der Waals surface area contributed by atoms with E-state index in [0.29, 0.717) is 16.6 Å². The summed E-state index contributed by atoms with van der Waals surface area (Å²) in [6.07, 6.45) is 1.98. The van der Waals surface area contributed by atoms with E-state index in [-0.39, 0.29) is 11.7 Å². The van der Waals surface area contributed by atoms with Crippen LogP contribution in [0.25, 0.3) is 0 Å². The van der Waals surface area contributed by atoms with Crippen LogP contribution in [0.1, 0.15) is 10.4 Å². The molecule has 5 heteroatoms. The molecule has 3 nitrogen and oxygen atoms in total. The highest BCUT2D eigenvalue weighted by Gasteiger charge is 2.06. The fourth-order valence-corrected chi connectivity index (χ4v) is 1.58. The molecule has 0 unspecified atom stereocenters. The molecule has 0 aliphatic carbocycles. The molecular weight excluding hydrogens is 278 g/mol. The number of phenolic OH excluding ortho intramolecular Hbond substituents is 1. The van der Waals surface area contributed by atoms with Gasteiger partial charge < -0.3 is 10.4 Å². The summed E-state index contributed by atoms with van der Waals surface area (Å²) in [5, 5.41) is 12.1. The van der Waals surface area contributed by atoms with Gasteiger partial charge in [0.2, 0.25) is 0 Å². The zero-order valence-electron chi connectivity index (χ0n) is 8.29. The number of carbonyl (C=O) groups excluding carboxylic acids is 1. The SMILES string of the molecule is CSCCNC(=O)c1ccc(Br)c(O)c1. The van der Waals surface area contributed by atoms with Gasteiger partial charge in [0.15, 0.2) is 0 Å². The molecule has 0 aliphatic rings. The van der Waals surface area contributed by atoms with E-state index in [0.717, 1.165) is 5.75 Å². The molecule has 1 rings (SSSR count). The molecule has 0 atom stereocenters. The second kappa shape index (κ2) is 6.02. The Kier molecular flexibility index (Phi) is 4.98. The zero-order valence-corrected chi connectivity index (χ0v) is 10.7. The highest BCUT2D eigenvalue weighted by atomic mass is 79.9. The van der Waals surface area contributed by atoms with Crippen molar-refractivity contribution in [2.45, 2.75) is 0 Å². The first-order valence-electron chi connectivity index (χ1n) is 4.41. The van der Waals surface area contributed by atoms with Gasteiger partial charge in [0, 0.05) is 17.9 Å². The van der Waals surface area contributed by atoms with Crippen molar-refractivity contribution in [2.75, 3.05) is 18.6 Å². The van der Waals surface area contributed by atoms with Crippen molar-refractivity contribution in [3.63, 3.8) is 0 Å². The van der Waals surface area contributed by atoms with Crippen LogP contribution in [0, 0.1) is 0 Å². The van der Waals surface area contributed by atoms with Crippen molar-refractivity contribution in [1.82, 2.24) is 5.32 Å². The Hall–Kier alpha value is -0.680. The molecule has 1 aromatic carbocycles. The number of hydrogen-bond donors (Lipinski definition) is 2. The molecule has 0 aromatic heterocycles. The Morgan fingerprint density at radius 1 is 1.60 bits per heavy atom. The molecule has 0 saturated carbocycles. The number of hydrogen-bond acceptors (Lipinski definition) is 3. The minimum Gasteiger partial charge on any atom is -0.507 e. The first-order valence-corrected chi connectivity index (χ1v) is 6.59. The number of benzene rings is 1. The Balaban J connectivity index is 2.62. The fraction of sp³-hybridized carbons (Fsp3) is 0.300. The number of phenols is 1. The molecule has 1 aromatic rings. The van der Waals surface area contributed by atoms with E-state index < -0.39 is 0 Å². The number of aromatic hydroxyl groups is 1. The van der Waals surface area contributed by atoms with Crippen molar-refractivity contribution < 1.29 is 9.90 Å². The summed E-state index contributed by atoms with van der Waals surface area (Å²) in [6, 6.07) is 4.76. The van der Waals surface area contributed by atoms with Crippen LogP contribution in [0.2, 0.25) is 0 Å². The molecular formula is C10H12BrNO2S. The fourth-order valence-electron chi connectivity index (χ4n) is 1.02. The third kappa shape index (κ3) is 3.76. The second-order valence-corrected chi connectivity index (χ2v) is 4.75. The van der Waals surface area contributed by atoms with Gasteiger partial charge in [0.1, 0.15) is 5.75 Å². The Morgan fingerprint density at radius 2 is 2.33 bits per heavy atom. The van der Waals surface area contributed by atoms with Crippen molar-refractivity contribution in [3.8, 4) is 5.75 Å². The van der Waals surface area contributed by atoms with E-state index in [1.165, 1.54) is 6.07 Å². The minimum absolute atomic E-state index is 0.0764. The van der Waals surface area contributed by atoms with Gasteiger partial charge >= 0.3 is 0 Å². The van der Waals surface area contributed by atoms with Crippen molar-refractivity contribution in [1.29, 1.82) is 0 Å². The maximum Gasteiger partial charge on any atom is 0.251 e. The summed E-state index contributed by atoms with van der Waals surface area (Å²) < 4.78 is 0.586. The summed E-state index contributed by atoms with van der Waals surface area (Å²) in [5.41, 5.74) is 0.469. The van der Waals surface area contributed by atoms with E-state index in [1.807, 2.05) is 6.26 Å². The van der Waals surface area contributed by atoms with Gasteiger partial charge in [0.25, 0.3) is 5.91 Å². The molecule has 15 heavy (non-hydrogen) atoms. The Bertz CT molecular complexity index is 357. The van der Waals surface area contributed by atoms with Gasteiger partial charge in [-0.3, -0.25) is 4.79 Å². The van der Waals surface area contributed by atoms with Gasteiger partial charge in [-0.1, -0.05) is 0 Å². The van der Waals surface area contributed by atoms with Crippen LogP contribution in [0.3, 0.4) is 0 Å². The molecule has 1 amide bonds. The first kappa shape index (κ1) is 12.4. The lowest BCUT2D eigenvalue weighted by Gasteiger charge is -2.05. The van der Waals surface area contributed by atoms with Gasteiger partial charge in [-0.15, -0.1) is 0 Å². The zero-order chi connectivity index (χ0) is 11.3. The molecule has 0 spiro atoms. The molecule has 0 radical (unpaired) electrons. The highest BCUT2D eigenvalue weighted by molar-refractivity contribution is 9.10. The number of halogens is 1. The van der Waals surface area contributed by atoms with Gasteiger partial charge in [-0.2, -0.15) is 11.8 Å². The minimum atomic E-state index is -0.160.